The van der Waals surface area contributed by atoms with Crippen LogP contribution in [0.3, 0.4) is 0 Å². The van der Waals surface area contributed by atoms with Gasteiger partial charge in [0.1, 0.15) is 5.75 Å². The number of methoxy groups -OCH3 is 1. The number of nitrogen functional groups attached to an aromatic ring is 1. The van der Waals surface area contributed by atoms with Gasteiger partial charge in [0.25, 0.3) is 0 Å². The third kappa shape index (κ3) is 2.72. The van der Waals surface area contributed by atoms with E-state index in [1.165, 1.54) is 18.4 Å². The lowest BCUT2D eigenvalue weighted by atomic mass is 10.1. The number of hydrogen-bond donors (Lipinski definition) is 1. The lowest BCUT2D eigenvalue weighted by Gasteiger charge is -2.26. The van der Waals surface area contributed by atoms with Crippen molar-refractivity contribution >= 4 is 11.4 Å². The molecule has 3 heteroatoms. The summed E-state index contributed by atoms with van der Waals surface area (Å²) in [7, 11) is 1.66. The average Bonchev–Trinajstić information content (AvgIpc) is 3.31. The number of benzene rings is 2. The molecule has 3 rings (SSSR count). The maximum absolute atomic E-state index is 6.20. The molecule has 2 aromatic rings. The average molecular weight is 268 g/mol. The van der Waals surface area contributed by atoms with E-state index in [1.807, 2.05) is 18.2 Å². The molecule has 1 fully saturated rings. The van der Waals surface area contributed by atoms with Crippen LogP contribution in [0.4, 0.5) is 11.4 Å². The lowest BCUT2D eigenvalue weighted by Crippen LogP contribution is -2.25. The first-order valence-electron chi connectivity index (χ1n) is 7.02. The molecule has 104 valence electrons. The zero-order chi connectivity index (χ0) is 13.9. The van der Waals surface area contributed by atoms with Crippen molar-refractivity contribution in [3.63, 3.8) is 0 Å². The molecule has 0 amide bonds. The number of hydrogen-bond acceptors (Lipinski definition) is 3. The van der Waals surface area contributed by atoms with Crippen LogP contribution in [0.1, 0.15) is 18.4 Å². The molecule has 1 saturated carbocycles. The minimum atomic E-state index is 0.617. The van der Waals surface area contributed by atoms with Gasteiger partial charge in [0.05, 0.1) is 18.5 Å². The fraction of sp³-hybridized carbons (Fsp3) is 0.294. The van der Waals surface area contributed by atoms with Crippen molar-refractivity contribution in [2.24, 2.45) is 0 Å². The summed E-state index contributed by atoms with van der Waals surface area (Å²) < 4.78 is 5.23. The highest BCUT2D eigenvalue weighted by molar-refractivity contribution is 5.70. The van der Waals surface area contributed by atoms with Crippen LogP contribution in [0, 0.1) is 0 Å². The zero-order valence-electron chi connectivity index (χ0n) is 11.8. The fourth-order valence-electron chi connectivity index (χ4n) is 2.50. The van der Waals surface area contributed by atoms with Crippen molar-refractivity contribution in [1.29, 1.82) is 0 Å². The molecule has 0 aromatic heterocycles. The van der Waals surface area contributed by atoms with Gasteiger partial charge in [-0.25, -0.2) is 0 Å². The summed E-state index contributed by atoms with van der Waals surface area (Å²) in [5.41, 5.74) is 9.40. The Morgan fingerprint density at radius 2 is 1.90 bits per heavy atom. The molecule has 1 aliphatic carbocycles. The molecule has 0 heterocycles. The second-order valence-corrected chi connectivity index (χ2v) is 5.27. The Morgan fingerprint density at radius 1 is 1.15 bits per heavy atom. The van der Waals surface area contributed by atoms with E-state index < -0.39 is 0 Å². The van der Waals surface area contributed by atoms with Gasteiger partial charge >= 0.3 is 0 Å². The molecule has 2 aromatic carbocycles. The Morgan fingerprint density at radius 3 is 2.50 bits per heavy atom. The molecule has 3 nitrogen and oxygen atoms in total. The summed E-state index contributed by atoms with van der Waals surface area (Å²) in [6.07, 6.45) is 2.50. The van der Waals surface area contributed by atoms with Crippen molar-refractivity contribution in [1.82, 2.24) is 0 Å². The Hall–Kier alpha value is -2.16. The van der Waals surface area contributed by atoms with E-state index in [0.717, 1.165) is 23.7 Å². The minimum Gasteiger partial charge on any atom is -0.497 e. The Balaban J connectivity index is 1.87. The van der Waals surface area contributed by atoms with Gasteiger partial charge in [-0.2, -0.15) is 0 Å². The van der Waals surface area contributed by atoms with Crippen molar-refractivity contribution < 1.29 is 4.74 Å². The quantitative estimate of drug-likeness (QED) is 0.844. The number of anilines is 2. The van der Waals surface area contributed by atoms with Gasteiger partial charge in [0.2, 0.25) is 0 Å². The van der Waals surface area contributed by atoms with Crippen LogP contribution in [-0.2, 0) is 6.54 Å². The highest BCUT2D eigenvalue weighted by Crippen LogP contribution is 2.37. The highest BCUT2D eigenvalue weighted by Gasteiger charge is 2.30. The van der Waals surface area contributed by atoms with Crippen LogP contribution < -0.4 is 15.4 Å². The topological polar surface area (TPSA) is 38.5 Å². The molecular formula is C17H20N2O. The monoisotopic (exact) mass is 268 g/mol. The van der Waals surface area contributed by atoms with Crippen LogP contribution in [0.15, 0.2) is 48.5 Å². The Kier molecular flexibility index (Phi) is 3.50. The van der Waals surface area contributed by atoms with Gasteiger partial charge in [-0.3, -0.25) is 0 Å². The molecule has 1 aliphatic rings. The van der Waals surface area contributed by atoms with Crippen LogP contribution >= 0.6 is 0 Å². The van der Waals surface area contributed by atoms with Crippen LogP contribution in [-0.4, -0.2) is 13.2 Å². The molecular weight excluding hydrogens is 248 g/mol. The molecule has 0 spiro atoms. The van der Waals surface area contributed by atoms with Crippen molar-refractivity contribution in [2.75, 3.05) is 17.7 Å². The second kappa shape index (κ2) is 5.45. The van der Waals surface area contributed by atoms with Gasteiger partial charge in [0, 0.05) is 18.7 Å². The number of rotatable bonds is 5. The summed E-state index contributed by atoms with van der Waals surface area (Å²) in [4.78, 5) is 2.41. The fourth-order valence-corrected chi connectivity index (χ4v) is 2.50. The molecule has 2 N–H and O–H groups in total. The van der Waals surface area contributed by atoms with E-state index in [-0.39, 0.29) is 0 Å². The third-order valence-corrected chi connectivity index (χ3v) is 3.73. The number of nitrogens with zero attached hydrogens (tertiary/aromatic N) is 1. The molecule has 0 atom stereocenters. The van der Waals surface area contributed by atoms with Crippen LogP contribution in [0.2, 0.25) is 0 Å². The summed E-state index contributed by atoms with van der Waals surface area (Å²) in [6.45, 7) is 0.905. The smallest absolute Gasteiger partial charge is 0.121 e. The van der Waals surface area contributed by atoms with Crippen molar-refractivity contribution in [2.45, 2.75) is 25.4 Å². The Bertz CT molecular complexity index is 579. The maximum Gasteiger partial charge on any atom is 0.121 e. The zero-order valence-corrected chi connectivity index (χ0v) is 11.8. The van der Waals surface area contributed by atoms with Crippen LogP contribution in [0.25, 0.3) is 0 Å². The van der Waals surface area contributed by atoms with Crippen LogP contribution in [0.5, 0.6) is 5.75 Å². The standard InChI is InChI=1S/C17H20N2O/c1-20-15-9-10-17(16(18)11-15)19(14-7-8-14)12-13-5-3-2-4-6-13/h2-6,9-11,14H,7-8,12,18H2,1H3. The Labute approximate surface area is 120 Å². The van der Waals surface area contributed by atoms with E-state index in [4.69, 9.17) is 10.5 Å². The molecule has 0 aliphatic heterocycles. The summed E-state index contributed by atoms with van der Waals surface area (Å²) in [5, 5.41) is 0. The third-order valence-electron chi connectivity index (χ3n) is 3.73. The predicted molar refractivity (Wildman–Crippen MR) is 83.1 cm³/mol. The van der Waals surface area contributed by atoms with E-state index in [1.54, 1.807) is 7.11 Å². The molecule has 0 radical (unpaired) electrons. The van der Waals surface area contributed by atoms with E-state index >= 15 is 0 Å². The predicted octanol–water partition coefficient (Wildman–Crippen LogP) is 3.45. The first-order chi connectivity index (χ1) is 9.78. The maximum atomic E-state index is 6.20. The van der Waals surface area contributed by atoms with Gasteiger partial charge in [0.15, 0.2) is 0 Å². The molecule has 0 unspecified atom stereocenters. The molecule has 20 heavy (non-hydrogen) atoms. The SMILES string of the molecule is COc1ccc(N(Cc2ccccc2)C2CC2)c(N)c1. The minimum absolute atomic E-state index is 0.617. The number of nitrogens with two attached hydrogens (primary N) is 1. The van der Waals surface area contributed by atoms with Gasteiger partial charge in [-0.1, -0.05) is 30.3 Å². The van der Waals surface area contributed by atoms with Crippen molar-refractivity contribution in [3.8, 4) is 5.75 Å². The van der Waals surface area contributed by atoms with Gasteiger partial charge < -0.3 is 15.4 Å². The summed E-state index contributed by atoms with van der Waals surface area (Å²) in [6, 6.07) is 17.1. The first kappa shape index (κ1) is 12.9. The number of ether oxygens (including phenoxy) is 1. The summed E-state index contributed by atoms with van der Waals surface area (Å²) in [5.74, 6) is 0.807. The van der Waals surface area contributed by atoms with Gasteiger partial charge in [-0.05, 0) is 30.5 Å². The highest BCUT2D eigenvalue weighted by atomic mass is 16.5. The molecule has 0 saturated heterocycles. The van der Waals surface area contributed by atoms with E-state index in [9.17, 15) is 0 Å². The first-order valence-corrected chi connectivity index (χ1v) is 7.02. The van der Waals surface area contributed by atoms with E-state index in [2.05, 4.69) is 35.2 Å². The van der Waals surface area contributed by atoms with Crippen molar-refractivity contribution in [3.05, 3.63) is 54.1 Å². The second-order valence-electron chi connectivity index (χ2n) is 5.27. The van der Waals surface area contributed by atoms with E-state index in [0.29, 0.717) is 6.04 Å². The lowest BCUT2D eigenvalue weighted by molar-refractivity contribution is 0.415. The largest absolute Gasteiger partial charge is 0.497 e. The van der Waals surface area contributed by atoms with Gasteiger partial charge in [-0.15, -0.1) is 0 Å². The molecule has 0 bridgehead atoms. The normalized spacial score (nSPS) is 14.1. The summed E-state index contributed by atoms with van der Waals surface area (Å²) >= 11 is 0.